The van der Waals surface area contributed by atoms with Crippen molar-refractivity contribution in [3.8, 4) is 0 Å². The van der Waals surface area contributed by atoms with Crippen molar-refractivity contribution in [2.75, 3.05) is 11.3 Å². The van der Waals surface area contributed by atoms with E-state index in [0.717, 1.165) is 0 Å². The molecular weight excluding hydrogens is 435 g/mol. The summed E-state index contributed by atoms with van der Waals surface area (Å²) in [5.41, 5.74) is 1.21. The van der Waals surface area contributed by atoms with Gasteiger partial charge in [0.25, 0.3) is 15.9 Å². The van der Waals surface area contributed by atoms with E-state index >= 15 is 0 Å². The van der Waals surface area contributed by atoms with Gasteiger partial charge < -0.3 is 10.1 Å². The van der Waals surface area contributed by atoms with E-state index < -0.39 is 34.5 Å². The molecule has 1 atom stereocenters. The van der Waals surface area contributed by atoms with Crippen LogP contribution in [0.4, 0.5) is 10.1 Å². The van der Waals surface area contributed by atoms with Gasteiger partial charge in [-0.25, -0.2) is 17.6 Å². The van der Waals surface area contributed by atoms with Crippen LogP contribution in [0.15, 0.2) is 83.8 Å². The van der Waals surface area contributed by atoms with Crippen LogP contribution in [0.3, 0.4) is 0 Å². The maximum absolute atomic E-state index is 13.0. The summed E-state index contributed by atoms with van der Waals surface area (Å²) in [5, 5.41) is 2.65. The molecule has 0 saturated heterocycles. The lowest BCUT2D eigenvalue weighted by molar-refractivity contribution is -0.124. The molecule has 0 radical (unpaired) electrons. The molecule has 0 fully saturated rings. The molecule has 2 N–H and O–H groups in total. The van der Waals surface area contributed by atoms with Gasteiger partial charge in [-0.2, -0.15) is 0 Å². The van der Waals surface area contributed by atoms with Gasteiger partial charge in [0, 0.05) is 5.69 Å². The van der Waals surface area contributed by atoms with Crippen molar-refractivity contribution >= 4 is 27.6 Å². The monoisotopic (exact) mass is 456 g/mol. The van der Waals surface area contributed by atoms with Gasteiger partial charge in [-0.05, 0) is 61.0 Å². The third-order valence-electron chi connectivity index (χ3n) is 4.51. The first-order chi connectivity index (χ1) is 15.2. The van der Waals surface area contributed by atoms with E-state index in [0.29, 0.717) is 11.3 Å². The quantitative estimate of drug-likeness (QED) is 0.504. The summed E-state index contributed by atoms with van der Waals surface area (Å²) >= 11 is 0. The van der Waals surface area contributed by atoms with E-state index in [1.54, 1.807) is 49.4 Å². The molecule has 9 heteroatoms. The summed E-state index contributed by atoms with van der Waals surface area (Å²) in [6, 6.07) is 18.8. The van der Waals surface area contributed by atoms with Crippen molar-refractivity contribution in [2.45, 2.75) is 17.9 Å². The zero-order chi connectivity index (χ0) is 23.1. The largest absolute Gasteiger partial charge is 0.452 e. The van der Waals surface area contributed by atoms with E-state index in [1.807, 2.05) is 0 Å². The Labute approximate surface area is 185 Å². The SMILES string of the molecule is CC(NC(=O)COC(=O)c1ccc(S(=O)(=O)Nc2ccccc2)cc1)c1ccc(F)cc1. The average molecular weight is 456 g/mol. The van der Waals surface area contributed by atoms with Gasteiger partial charge in [-0.1, -0.05) is 30.3 Å². The minimum atomic E-state index is -3.81. The molecule has 7 nitrogen and oxygen atoms in total. The first kappa shape index (κ1) is 23.0. The number of amides is 1. The highest BCUT2D eigenvalue weighted by molar-refractivity contribution is 7.92. The number of rotatable bonds is 8. The van der Waals surface area contributed by atoms with Gasteiger partial charge in [-0.15, -0.1) is 0 Å². The van der Waals surface area contributed by atoms with Gasteiger partial charge in [-0.3, -0.25) is 9.52 Å². The molecular formula is C23H21FN2O5S. The first-order valence-electron chi connectivity index (χ1n) is 9.64. The Morgan fingerprint density at radius 1 is 0.938 bits per heavy atom. The molecule has 1 amide bonds. The van der Waals surface area contributed by atoms with Gasteiger partial charge in [0.2, 0.25) is 0 Å². The lowest BCUT2D eigenvalue weighted by Gasteiger charge is -2.14. The molecule has 0 aliphatic rings. The summed E-state index contributed by atoms with van der Waals surface area (Å²) in [6.45, 7) is 1.20. The van der Waals surface area contributed by atoms with Crippen LogP contribution in [0, 0.1) is 5.82 Å². The Hall–Kier alpha value is -3.72. The van der Waals surface area contributed by atoms with Crippen molar-refractivity contribution in [1.29, 1.82) is 0 Å². The number of halogens is 1. The molecule has 0 spiro atoms. The lowest BCUT2D eigenvalue weighted by Crippen LogP contribution is -2.31. The van der Waals surface area contributed by atoms with Crippen LogP contribution < -0.4 is 10.0 Å². The smallest absolute Gasteiger partial charge is 0.338 e. The molecule has 3 aromatic carbocycles. The Morgan fingerprint density at radius 2 is 1.56 bits per heavy atom. The molecule has 0 bridgehead atoms. The van der Waals surface area contributed by atoms with Crippen LogP contribution in [0.2, 0.25) is 0 Å². The zero-order valence-electron chi connectivity index (χ0n) is 17.1. The molecule has 3 rings (SSSR count). The minimum absolute atomic E-state index is 0.0243. The van der Waals surface area contributed by atoms with Gasteiger partial charge in [0.15, 0.2) is 6.61 Å². The van der Waals surface area contributed by atoms with Gasteiger partial charge in [0.1, 0.15) is 5.82 Å². The first-order valence-corrected chi connectivity index (χ1v) is 11.1. The van der Waals surface area contributed by atoms with Crippen molar-refractivity contribution in [3.05, 3.63) is 95.8 Å². The summed E-state index contributed by atoms with van der Waals surface area (Å²) in [7, 11) is -3.81. The fourth-order valence-electron chi connectivity index (χ4n) is 2.82. The predicted molar refractivity (Wildman–Crippen MR) is 117 cm³/mol. The summed E-state index contributed by atoms with van der Waals surface area (Å²) in [6.07, 6.45) is 0. The fourth-order valence-corrected chi connectivity index (χ4v) is 3.88. The van der Waals surface area contributed by atoms with Gasteiger partial charge >= 0.3 is 5.97 Å². The average Bonchev–Trinajstić information content (AvgIpc) is 2.78. The number of para-hydroxylation sites is 1. The number of anilines is 1. The molecule has 0 heterocycles. The van der Waals surface area contributed by atoms with Crippen LogP contribution in [0.25, 0.3) is 0 Å². The second-order valence-corrected chi connectivity index (χ2v) is 8.60. The maximum Gasteiger partial charge on any atom is 0.338 e. The van der Waals surface area contributed by atoms with Crippen molar-refractivity contribution in [2.24, 2.45) is 0 Å². The van der Waals surface area contributed by atoms with Crippen LogP contribution in [0.1, 0.15) is 28.9 Å². The molecule has 0 saturated carbocycles. The Balaban J connectivity index is 1.54. The Kier molecular flexibility index (Phi) is 7.21. The summed E-state index contributed by atoms with van der Waals surface area (Å²) in [5.74, 6) is -1.67. The fraction of sp³-hybridized carbons (Fsp3) is 0.130. The van der Waals surface area contributed by atoms with E-state index in [-0.39, 0.29) is 16.3 Å². The number of benzene rings is 3. The lowest BCUT2D eigenvalue weighted by atomic mass is 10.1. The van der Waals surface area contributed by atoms with E-state index in [4.69, 9.17) is 4.74 Å². The third-order valence-corrected chi connectivity index (χ3v) is 5.91. The van der Waals surface area contributed by atoms with Crippen molar-refractivity contribution in [1.82, 2.24) is 5.32 Å². The summed E-state index contributed by atoms with van der Waals surface area (Å²) < 4.78 is 45.3. The number of hydrogen-bond donors (Lipinski definition) is 2. The van der Waals surface area contributed by atoms with Crippen molar-refractivity contribution in [3.63, 3.8) is 0 Å². The predicted octanol–water partition coefficient (Wildman–Crippen LogP) is 3.66. The Morgan fingerprint density at radius 3 is 2.19 bits per heavy atom. The van der Waals surface area contributed by atoms with Gasteiger partial charge in [0.05, 0.1) is 16.5 Å². The summed E-state index contributed by atoms with van der Waals surface area (Å²) in [4.78, 5) is 24.2. The number of carbonyl (C=O) groups is 2. The van der Waals surface area contributed by atoms with Crippen LogP contribution in [-0.4, -0.2) is 26.9 Å². The highest BCUT2D eigenvalue weighted by Crippen LogP contribution is 2.17. The number of sulfonamides is 1. The normalized spacial score (nSPS) is 11.9. The van der Waals surface area contributed by atoms with Crippen LogP contribution in [-0.2, 0) is 19.6 Å². The Bertz CT molecular complexity index is 1180. The number of carbonyl (C=O) groups excluding carboxylic acids is 2. The topological polar surface area (TPSA) is 102 Å². The molecule has 0 aromatic heterocycles. The van der Waals surface area contributed by atoms with E-state index in [1.165, 1.54) is 36.4 Å². The molecule has 166 valence electrons. The zero-order valence-corrected chi connectivity index (χ0v) is 17.9. The maximum atomic E-state index is 13.0. The van der Waals surface area contributed by atoms with E-state index in [9.17, 15) is 22.4 Å². The van der Waals surface area contributed by atoms with Crippen LogP contribution in [0.5, 0.6) is 0 Å². The van der Waals surface area contributed by atoms with Crippen molar-refractivity contribution < 1.29 is 27.1 Å². The number of esters is 1. The van der Waals surface area contributed by atoms with E-state index in [2.05, 4.69) is 10.0 Å². The van der Waals surface area contributed by atoms with Crippen LogP contribution >= 0.6 is 0 Å². The standard InChI is InChI=1S/C23H21FN2O5S/c1-16(17-7-11-19(24)12-8-17)25-22(27)15-31-23(28)18-9-13-21(14-10-18)32(29,30)26-20-5-3-2-4-6-20/h2-14,16,26H,15H2,1H3,(H,25,27). The highest BCUT2D eigenvalue weighted by atomic mass is 32.2. The molecule has 0 aliphatic carbocycles. The molecule has 1 unspecified atom stereocenters. The second kappa shape index (κ2) is 10.1. The number of ether oxygens (including phenoxy) is 1. The molecule has 0 aliphatic heterocycles. The highest BCUT2D eigenvalue weighted by Gasteiger charge is 2.17. The second-order valence-electron chi connectivity index (χ2n) is 6.91. The molecule has 3 aromatic rings. The minimum Gasteiger partial charge on any atom is -0.452 e. The number of hydrogen-bond acceptors (Lipinski definition) is 5. The third kappa shape index (κ3) is 6.14. The molecule has 32 heavy (non-hydrogen) atoms. The number of nitrogens with one attached hydrogen (secondary N) is 2.